The summed E-state index contributed by atoms with van der Waals surface area (Å²) in [7, 11) is 2.15. The summed E-state index contributed by atoms with van der Waals surface area (Å²) in [6.07, 6.45) is 10.9. The Balaban J connectivity index is 0. The van der Waals surface area contributed by atoms with Gasteiger partial charge in [-0.15, -0.1) is 0 Å². The zero-order valence-electron chi connectivity index (χ0n) is 19.2. The number of rotatable bonds is 2. The summed E-state index contributed by atoms with van der Waals surface area (Å²) in [5.74, 6) is 0.611. The second-order valence-corrected chi connectivity index (χ2v) is 8.36. The highest BCUT2D eigenvalue weighted by Gasteiger charge is 2.47. The minimum Gasteiger partial charge on any atom is -0.350 e. The van der Waals surface area contributed by atoms with Crippen LogP contribution < -0.4 is 5.32 Å². The molecule has 0 radical (unpaired) electrons. The maximum Gasteiger partial charge on any atom is 0.223 e. The molecule has 1 N–H and O–H groups in total. The Bertz CT molecular complexity index is 354. The average molecular weight is 371 g/mol. The number of fused-ring (bicyclic) bond motifs is 3. The highest BCUT2D eigenvalue weighted by molar-refractivity contribution is 5.79. The van der Waals surface area contributed by atoms with E-state index in [2.05, 4.69) is 38.0 Å². The second kappa shape index (κ2) is 12.8. The van der Waals surface area contributed by atoms with Gasteiger partial charge in [-0.2, -0.15) is 0 Å². The van der Waals surface area contributed by atoms with Crippen molar-refractivity contribution in [3.63, 3.8) is 0 Å². The number of carbonyl (C=O) groups is 1. The number of amides is 1. The molecule has 3 aliphatic carbocycles. The minimum atomic E-state index is 0. The van der Waals surface area contributed by atoms with Crippen LogP contribution in [0.2, 0.25) is 0 Å². The van der Waals surface area contributed by atoms with Crippen molar-refractivity contribution in [2.75, 3.05) is 20.1 Å². The van der Waals surface area contributed by atoms with Crippen molar-refractivity contribution in [3.05, 3.63) is 0 Å². The van der Waals surface area contributed by atoms with Crippen LogP contribution in [0.3, 0.4) is 0 Å². The summed E-state index contributed by atoms with van der Waals surface area (Å²) in [5.41, 5.74) is 0.748. The first kappa shape index (κ1) is 25.4. The molecule has 3 heteroatoms. The van der Waals surface area contributed by atoms with Crippen LogP contribution in [-0.4, -0.2) is 36.5 Å². The Hall–Kier alpha value is -0.570. The fraction of sp³-hybridized carbons (Fsp3) is 0.957. The van der Waals surface area contributed by atoms with E-state index in [0.717, 1.165) is 25.9 Å². The van der Waals surface area contributed by atoms with Gasteiger partial charge in [0.15, 0.2) is 0 Å². The fourth-order valence-corrected chi connectivity index (χ4v) is 4.19. The largest absolute Gasteiger partial charge is 0.350 e. The first-order valence-corrected chi connectivity index (χ1v) is 11.4. The van der Waals surface area contributed by atoms with Crippen LogP contribution in [0.15, 0.2) is 0 Å². The topological polar surface area (TPSA) is 32.3 Å². The lowest BCUT2D eigenvalue weighted by Gasteiger charge is -2.52. The van der Waals surface area contributed by atoms with Crippen LogP contribution in [0.25, 0.3) is 0 Å². The predicted molar refractivity (Wildman–Crippen MR) is 118 cm³/mol. The van der Waals surface area contributed by atoms with Crippen molar-refractivity contribution in [2.24, 2.45) is 11.3 Å². The molecule has 0 aromatic carbocycles. The van der Waals surface area contributed by atoms with E-state index in [9.17, 15) is 4.79 Å². The number of nitrogens with one attached hydrogen (secondary N) is 1. The first-order chi connectivity index (χ1) is 12.4. The zero-order chi connectivity index (χ0) is 20.2. The first-order valence-electron chi connectivity index (χ1n) is 11.4. The van der Waals surface area contributed by atoms with Crippen LogP contribution in [-0.2, 0) is 4.79 Å². The zero-order valence-corrected chi connectivity index (χ0v) is 19.2. The van der Waals surface area contributed by atoms with Gasteiger partial charge in [0.05, 0.1) is 0 Å². The average Bonchev–Trinajstić information content (AvgIpc) is 2.67. The lowest BCUT2D eigenvalue weighted by Crippen LogP contribution is -2.57. The van der Waals surface area contributed by atoms with Gasteiger partial charge in [-0.25, -0.2) is 0 Å². The molecule has 0 unspecified atom stereocenters. The van der Waals surface area contributed by atoms with Crippen LogP contribution in [0.4, 0.5) is 0 Å². The molecule has 1 heterocycles. The third kappa shape index (κ3) is 7.58. The molecule has 1 amide bonds. The molecule has 3 saturated carbocycles. The molecule has 4 aliphatic rings. The molecule has 0 aromatic heterocycles. The molecule has 1 saturated heterocycles. The van der Waals surface area contributed by atoms with E-state index >= 15 is 0 Å². The minimum absolute atomic E-state index is 0. The molecule has 2 bridgehead atoms. The summed E-state index contributed by atoms with van der Waals surface area (Å²) in [4.78, 5) is 14.8. The van der Waals surface area contributed by atoms with Gasteiger partial charge in [0.2, 0.25) is 5.91 Å². The third-order valence-electron chi connectivity index (χ3n) is 6.10. The van der Waals surface area contributed by atoms with Crippen LogP contribution in [0.1, 0.15) is 108 Å². The number of carbonyl (C=O) groups excluding carboxylic acids is 1. The maximum atomic E-state index is 12.5. The Labute approximate surface area is 166 Å². The smallest absolute Gasteiger partial charge is 0.223 e. The molecule has 26 heavy (non-hydrogen) atoms. The highest BCUT2D eigenvalue weighted by Crippen LogP contribution is 2.52. The lowest BCUT2D eigenvalue weighted by molar-refractivity contribution is -0.130. The molecule has 0 spiro atoms. The number of hydrogen-bond acceptors (Lipinski definition) is 2. The quantitative estimate of drug-likeness (QED) is 0.621. The predicted octanol–water partition coefficient (Wildman–Crippen LogP) is 6.27. The van der Waals surface area contributed by atoms with E-state index in [4.69, 9.17) is 0 Å². The van der Waals surface area contributed by atoms with E-state index in [1.165, 1.54) is 44.9 Å². The summed E-state index contributed by atoms with van der Waals surface area (Å²) >= 11 is 0. The number of likely N-dealkylation sites (tertiary alicyclic amines) is 1. The fourth-order valence-electron chi connectivity index (χ4n) is 4.19. The van der Waals surface area contributed by atoms with Gasteiger partial charge >= 0.3 is 0 Å². The summed E-state index contributed by atoms with van der Waals surface area (Å²) in [6.45, 7) is 16.8. The highest BCUT2D eigenvalue weighted by atomic mass is 16.2. The van der Waals surface area contributed by atoms with E-state index < -0.39 is 0 Å². The number of nitrogens with zero attached hydrogens (tertiary/aromatic N) is 1. The Morgan fingerprint density at radius 3 is 1.73 bits per heavy atom. The van der Waals surface area contributed by atoms with Crippen molar-refractivity contribution in [3.8, 4) is 0 Å². The standard InChI is InChI=1S/C16H28N2O.C3H8.2C2H6.H2/c1-15-5-8-16(9-6-15,10-7-15)17-14(19)13-3-11-18(2)12-4-13;1-3-2;2*1-2;/h13H,3-12H2,1-2H3,(H,17,19);3H2,1-2H3;2*1-2H3;1H. The SMILES string of the molecule is CC.CC.CCC.CN1CCC(C(=O)NC23CCC(C)(CC2)CC3)CC1.[HH]. The van der Waals surface area contributed by atoms with E-state index in [-0.39, 0.29) is 12.9 Å². The van der Waals surface area contributed by atoms with Gasteiger partial charge in [0.1, 0.15) is 0 Å². The third-order valence-corrected chi connectivity index (χ3v) is 6.10. The molecule has 4 rings (SSSR count). The molecule has 1 aliphatic heterocycles. The van der Waals surface area contributed by atoms with E-state index in [1.54, 1.807) is 0 Å². The van der Waals surface area contributed by atoms with Crippen LogP contribution in [0.5, 0.6) is 0 Å². The second-order valence-electron chi connectivity index (χ2n) is 8.36. The molecular weight excluding hydrogens is 320 g/mol. The molecule has 0 atom stereocenters. The van der Waals surface area contributed by atoms with Crippen molar-refractivity contribution in [1.29, 1.82) is 0 Å². The van der Waals surface area contributed by atoms with Crippen molar-refractivity contribution >= 4 is 5.91 Å². The lowest BCUT2D eigenvalue weighted by atomic mass is 9.58. The Morgan fingerprint density at radius 1 is 0.962 bits per heavy atom. The van der Waals surface area contributed by atoms with E-state index in [1.807, 2.05) is 27.7 Å². The summed E-state index contributed by atoms with van der Waals surface area (Å²) in [5, 5.41) is 3.46. The Morgan fingerprint density at radius 2 is 1.35 bits per heavy atom. The molecule has 158 valence electrons. The van der Waals surface area contributed by atoms with Gasteiger partial charge in [-0.3, -0.25) is 4.79 Å². The summed E-state index contributed by atoms with van der Waals surface area (Å²) in [6, 6.07) is 0. The Kier molecular flexibility index (Phi) is 12.5. The van der Waals surface area contributed by atoms with Crippen molar-refractivity contribution in [2.45, 2.75) is 112 Å². The van der Waals surface area contributed by atoms with Gasteiger partial charge in [0.25, 0.3) is 0 Å². The number of hydrogen-bond donors (Lipinski definition) is 1. The van der Waals surface area contributed by atoms with Crippen LogP contribution in [0, 0.1) is 11.3 Å². The van der Waals surface area contributed by atoms with Gasteiger partial charge in [-0.1, -0.05) is 54.9 Å². The van der Waals surface area contributed by atoms with Gasteiger partial charge in [-0.05, 0) is 76.9 Å². The van der Waals surface area contributed by atoms with Gasteiger partial charge in [0, 0.05) is 12.9 Å². The van der Waals surface area contributed by atoms with Crippen molar-refractivity contribution < 1.29 is 6.22 Å². The molecule has 4 fully saturated rings. The molecule has 0 aromatic rings. The normalized spacial score (nSPS) is 30.6. The van der Waals surface area contributed by atoms with Gasteiger partial charge < -0.3 is 10.2 Å². The van der Waals surface area contributed by atoms with Crippen molar-refractivity contribution in [1.82, 2.24) is 10.2 Å². The number of piperidine rings is 1. The molecule has 3 nitrogen and oxygen atoms in total. The monoisotopic (exact) mass is 370 g/mol. The summed E-state index contributed by atoms with van der Waals surface area (Å²) < 4.78 is 0. The van der Waals surface area contributed by atoms with Crippen LogP contribution >= 0.6 is 0 Å². The molecular formula is C23H50N2O. The maximum absolute atomic E-state index is 12.5. The van der Waals surface area contributed by atoms with E-state index in [0.29, 0.717) is 11.3 Å².